The second-order valence-corrected chi connectivity index (χ2v) is 6.37. The molecule has 2 unspecified atom stereocenters. The molecular formula is C14H24N2S. The highest BCUT2D eigenvalue weighted by Crippen LogP contribution is 2.21. The molecule has 0 amide bonds. The monoisotopic (exact) mass is 252 g/mol. The molecule has 1 aliphatic heterocycles. The summed E-state index contributed by atoms with van der Waals surface area (Å²) in [5.41, 5.74) is 0. The summed E-state index contributed by atoms with van der Waals surface area (Å²) in [4.78, 5) is 4.16. The van der Waals surface area contributed by atoms with Gasteiger partial charge in [0.15, 0.2) is 0 Å². The van der Waals surface area contributed by atoms with Crippen molar-refractivity contribution < 1.29 is 0 Å². The van der Waals surface area contributed by atoms with Gasteiger partial charge in [0.25, 0.3) is 0 Å². The van der Waals surface area contributed by atoms with Gasteiger partial charge in [-0.25, -0.2) is 0 Å². The molecule has 2 heterocycles. The van der Waals surface area contributed by atoms with Crippen molar-refractivity contribution in [1.29, 1.82) is 0 Å². The van der Waals surface area contributed by atoms with E-state index in [0.29, 0.717) is 12.1 Å². The fourth-order valence-electron chi connectivity index (χ4n) is 2.61. The lowest BCUT2D eigenvalue weighted by Crippen LogP contribution is -2.57. The standard InChI is InChI=1S/C14H24N2S/c1-4-12-9-16(10-13-6-5-7-17-13)14(8-15-12)11(2)3/h5-7,11-12,14-15H,4,8-10H2,1-3H3. The van der Waals surface area contributed by atoms with Crippen LogP contribution in [0.5, 0.6) is 0 Å². The molecule has 3 heteroatoms. The van der Waals surface area contributed by atoms with Crippen LogP contribution in [0.25, 0.3) is 0 Å². The average Bonchev–Trinajstić information content (AvgIpc) is 2.81. The van der Waals surface area contributed by atoms with E-state index < -0.39 is 0 Å². The first kappa shape index (κ1) is 13.1. The average molecular weight is 252 g/mol. The molecule has 0 spiro atoms. The maximum atomic E-state index is 3.67. The van der Waals surface area contributed by atoms with Crippen LogP contribution in [-0.2, 0) is 6.54 Å². The van der Waals surface area contributed by atoms with Gasteiger partial charge in [-0.3, -0.25) is 4.90 Å². The van der Waals surface area contributed by atoms with Crippen molar-refractivity contribution in [3.05, 3.63) is 22.4 Å². The number of nitrogens with one attached hydrogen (secondary N) is 1. The Morgan fingerprint density at radius 2 is 2.35 bits per heavy atom. The minimum Gasteiger partial charge on any atom is -0.311 e. The number of hydrogen-bond donors (Lipinski definition) is 1. The molecule has 1 fully saturated rings. The lowest BCUT2D eigenvalue weighted by molar-refractivity contribution is 0.0910. The summed E-state index contributed by atoms with van der Waals surface area (Å²) in [6.07, 6.45) is 1.23. The molecule has 1 N–H and O–H groups in total. The highest BCUT2D eigenvalue weighted by molar-refractivity contribution is 7.09. The molecule has 0 aliphatic carbocycles. The first-order chi connectivity index (χ1) is 8.20. The molecule has 1 saturated heterocycles. The van der Waals surface area contributed by atoms with Crippen LogP contribution in [0.1, 0.15) is 32.1 Å². The Kier molecular flexibility index (Phi) is 4.60. The highest BCUT2D eigenvalue weighted by Gasteiger charge is 2.28. The molecule has 96 valence electrons. The smallest absolute Gasteiger partial charge is 0.0332 e. The number of rotatable bonds is 4. The zero-order valence-electron chi connectivity index (χ0n) is 11.1. The van der Waals surface area contributed by atoms with Crippen molar-refractivity contribution in [2.24, 2.45) is 5.92 Å². The van der Waals surface area contributed by atoms with Crippen molar-refractivity contribution in [1.82, 2.24) is 10.2 Å². The Morgan fingerprint density at radius 3 is 2.94 bits per heavy atom. The molecular weight excluding hydrogens is 228 g/mol. The van der Waals surface area contributed by atoms with E-state index in [2.05, 4.69) is 48.5 Å². The van der Waals surface area contributed by atoms with Crippen molar-refractivity contribution in [3.63, 3.8) is 0 Å². The fraction of sp³-hybridized carbons (Fsp3) is 0.714. The summed E-state index contributed by atoms with van der Waals surface area (Å²) in [5, 5.41) is 5.85. The molecule has 1 aromatic rings. The van der Waals surface area contributed by atoms with E-state index in [0.717, 1.165) is 19.0 Å². The van der Waals surface area contributed by atoms with Crippen LogP contribution in [0.15, 0.2) is 17.5 Å². The van der Waals surface area contributed by atoms with Gasteiger partial charge in [-0.05, 0) is 23.8 Å². The maximum Gasteiger partial charge on any atom is 0.0332 e. The molecule has 0 bridgehead atoms. The summed E-state index contributed by atoms with van der Waals surface area (Å²) in [7, 11) is 0. The van der Waals surface area contributed by atoms with Crippen LogP contribution in [0.4, 0.5) is 0 Å². The summed E-state index contributed by atoms with van der Waals surface area (Å²) >= 11 is 1.88. The van der Waals surface area contributed by atoms with Crippen LogP contribution in [0.3, 0.4) is 0 Å². The van der Waals surface area contributed by atoms with Crippen LogP contribution < -0.4 is 5.32 Å². The minimum atomic E-state index is 0.671. The van der Waals surface area contributed by atoms with Crippen LogP contribution >= 0.6 is 11.3 Å². The largest absolute Gasteiger partial charge is 0.311 e. The summed E-state index contributed by atoms with van der Waals surface area (Å²) in [6, 6.07) is 5.76. The van der Waals surface area contributed by atoms with Crippen LogP contribution in [-0.4, -0.2) is 30.1 Å². The molecule has 2 atom stereocenters. The third-order valence-corrected chi connectivity index (χ3v) is 4.60. The predicted molar refractivity (Wildman–Crippen MR) is 75.4 cm³/mol. The number of thiophene rings is 1. The SMILES string of the molecule is CCC1CN(Cc2cccs2)C(C(C)C)CN1. The number of hydrogen-bond acceptors (Lipinski definition) is 3. The van der Waals surface area contributed by atoms with Crippen molar-refractivity contribution in [2.45, 2.75) is 45.8 Å². The molecule has 2 nitrogen and oxygen atoms in total. The lowest BCUT2D eigenvalue weighted by Gasteiger charge is -2.42. The van der Waals surface area contributed by atoms with Gasteiger partial charge in [0, 0.05) is 36.6 Å². The molecule has 0 aromatic carbocycles. The van der Waals surface area contributed by atoms with Crippen molar-refractivity contribution >= 4 is 11.3 Å². The third-order valence-electron chi connectivity index (χ3n) is 3.74. The topological polar surface area (TPSA) is 15.3 Å². The minimum absolute atomic E-state index is 0.671. The quantitative estimate of drug-likeness (QED) is 0.886. The Hall–Kier alpha value is -0.380. The molecule has 1 aliphatic rings. The van der Waals surface area contributed by atoms with E-state index in [-0.39, 0.29) is 0 Å². The summed E-state index contributed by atoms with van der Waals surface area (Å²) in [6.45, 7) is 10.4. The lowest BCUT2D eigenvalue weighted by atomic mass is 9.97. The highest BCUT2D eigenvalue weighted by atomic mass is 32.1. The Balaban J connectivity index is 2.02. The number of piperazine rings is 1. The van der Waals surface area contributed by atoms with Gasteiger partial charge in [0.1, 0.15) is 0 Å². The third kappa shape index (κ3) is 3.30. The van der Waals surface area contributed by atoms with Crippen molar-refractivity contribution in [3.8, 4) is 0 Å². The van der Waals surface area contributed by atoms with E-state index >= 15 is 0 Å². The van der Waals surface area contributed by atoms with Gasteiger partial charge >= 0.3 is 0 Å². The molecule has 1 aromatic heterocycles. The Labute approximate surface area is 109 Å². The van der Waals surface area contributed by atoms with Gasteiger partial charge < -0.3 is 5.32 Å². The van der Waals surface area contributed by atoms with Crippen molar-refractivity contribution in [2.75, 3.05) is 13.1 Å². The van der Waals surface area contributed by atoms with E-state index in [9.17, 15) is 0 Å². The van der Waals surface area contributed by atoms with E-state index in [1.165, 1.54) is 17.8 Å². The Morgan fingerprint density at radius 1 is 1.53 bits per heavy atom. The zero-order chi connectivity index (χ0) is 12.3. The first-order valence-electron chi connectivity index (χ1n) is 6.70. The molecule has 2 rings (SSSR count). The molecule has 0 radical (unpaired) electrons. The summed E-state index contributed by atoms with van der Waals surface area (Å²) in [5.74, 6) is 0.722. The first-order valence-corrected chi connectivity index (χ1v) is 7.58. The molecule has 0 saturated carbocycles. The second-order valence-electron chi connectivity index (χ2n) is 5.33. The molecule has 17 heavy (non-hydrogen) atoms. The van der Waals surface area contributed by atoms with Crippen LogP contribution in [0, 0.1) is 5.92 Å². The normalized spacial score (nSPS) is 26.6. The zero-order valence-corrected chi connectivity index (χ0v) is 12.0. The van der Waals surface area contributed by atoms with Gasteiger partial charge in [0.05, 0.1) is 0 Å². The van der Waals surface area contributed by atoms with E-state index in [1.807, 2.05) is 11.3 Å². The van der Waals surface area contributed by atoms with Gasteiger partial charge in [-0.2, -0.15) is 0 Å². The van der Waals surface area contributed by atoms with Gasteiger partial charge in [0.2, 0.25) is 0 Å². The van der Waals surface area contributed by atoms with Gasteiger partial charge in [-0.1, -0.05) is 26.8 Å². The second kappa shape index (κ2) is 5.98. The number of nitrogens with zero attached hydrogens (tertiary/aromatic N) is 1. The maximum absolute atomic E-state index is 3.67. The van der Waals surface area contributed by atoms with E-state index in [1.54, 1.807) is 0 Å². The predicted octanol–water partition coefficient (Wildman–Crippen LogP) is 2.96. The van der Waals surface area contributed by atoms with E-state index in [4.69, 9.17) is 0 Å². The fourth-order valence-corrected chi connectivity index (χ4v) is 3.34. The van der Waals surface area contributed by atoms with Crippen LogP contribution in [0.2, 0.25) is 0 Å². The Bertz CT molecular complexity index is 321. The van der Waals surface area contributed by atoms with Gasteiger partial charge in [-0.15, -0.1) is 11.3 Å². The summed E-state index contributed by atoms with van der Waals surface area (Å²) < 4.78 is 0.